The highest BCUT2D eigenvalue weighted by Gasteiger charge is 2.30. The molecule has 0 saturated carbocycles. The Labute approximate surface area is 73.0 Å². The van der Waals surface area contributed by atoms with Crippen LogP contribution in [0.3, 0.4) is 0 Å². The molecule has 2 nitrogen and oxygen atoms in total. The summed E-state index contributed by atoms with van der Waals surface area (Å²) in [6.45, 7) is 5.23. The van der Waals surface area contributed by atoms with Crippen molar-refractivity contribution >= 4 is 11.8 Å². The summed E-state index contributed by atoms with van der Waals surface area (Å²) in [5.41, 5.74) is 0. The maximum atomic E-state index is 9.36. The number of hydrogen-bond donors (Lipinski definition) is 1. The highest BCUT2D eigenvalue weighted by atomic mass is 32.2. The van der Waals surface area contributed by atoms with Gasteiger partial charge in [-0.2, -0.15) is 0 Å². The molecule has 0 bridgehead atoms. The van der Waals surface area contributed by atoms with E-state index in [0.717, 1.165) is 13.0 Å². The smallest absolute Gasteiger partial charge is 0.0682 e. The predicted molar refractivity (Wildman–Crippen MR) is 49.8 cm³/mol. The summed E-state index contributed by atoms with van der Waals surface area (Å²) in [6.07, 6.45) is 2.95. The second-order valence-corrected chi connectivity index (χ2v) is 4.42. The van der Waals surface area contributed by atoms with E-state index in [4.69, 9.17) is 0 Å². The lowest BCUT2D eigenvalue weighted by atomic mass is 10.2. The molecular weight excluding hydrogens is 158 g/mol. The molecule has 0 aliphatic carbocycles. The number of aliphatic hydroxyl groups excluding tert-OH is 1. The van der Waals surface area contributed by atoms with Gasteiger partial charge in [-0.05, 0) is 26.5 Å². The van der Waals surface area contributed by atoms with Crippen LogP contribution < -0.4 is 0 Å². The average molecular weight is 175 g/mol. The molecule has 0 amide bonds. The molecule has 1 unspecified atom stereocenters. The number of rotatable bonds is 2. The van der Waals surface area contributed by atoms with Gasteiger partial charge in [0.15, 0.2) is 0 Å². The van der Waals surface area contributed by atoms with E-state index in [1.165, 1.54) is 0 Å². The van der Waals surface area contributed by atoms with Crippen LogP contribution in [-0.2, 0) is 0 Å². The van der Waals surface area contributed by atoms with E-state index < -0.39 is 0 Å². The Morgan fingerprint density at radius 2 is 2.27 bits per heavy atom. The summed E-state index contributed by atoms with van der Waals surface area (Å²) in [5, 5.41) is 9.91. The number of hydrogen-bond acceptors (Lipinski definition) is 3. The number of thioether (sulfide) groups is 1. The van der Waals surface area contributed by atoms with E-state index in [2.05, 4.69) is 25.0 Å². The van der Waals surface area contributed by atoms with Gasteiger partial charge in [0.1, 0.15) is 0 Å². The first kappa shape index (κ1) is 9.36. The Balaban J connectivity index is 2.45. The van der Waals surface area contributed by atoms with Crippen molar-refractivity contribution in [3.8, 4) is 0 Å². The molecule has 1 N–H and O–H groups in total. The summed E-state index contributed by atoms with van der Waals surface area (Å²) < 4.78 is 0. The molecule has 0 aromatic heterocycles. The molecule has 0 spiro atoms. The average Bonchev–Trinajstić information content (AvgIpc) is 2.28. The largest absolute Gasteiger partial charge is 0.392 e. The number of nitrogens with zero attached hydrogens (tertiary/aromatic N) is 1. The highest BCUT2D eigenvalue weighted by molar-refractivity contribution is 7.99. The minimum absolute atomic E-state index is 0.0976. The molecule has 1 saturated heterocycles. The van der Waals surface area contributed by atoms with Crippen LogP contribution in [-0.4, -0.2) is 40.3 Å². The van der Waals surface area contributed by atoms with Crippen LogP contribution in [0.4, 0.5) is 0 Å². The zero-order valence-corrected chi connectivity index (χ0v) is 8.27. The third-order valence-corrected chi connectivity index (χ3v) is 3.36. The van der Waals surface area contributed by atoms with Gasteiger partial charge in [-0.25, -0.2) is 0 Å². The Morgan fingerprint density at radius 1 is 1.64 bits per heavy atom. The van der Waals surface area contributed by atoms with Crippen molar-refractivity contribution in [3.05, 3.63) is 0 Å². The molecule has 1 rings (SSSR count). The van der Waals surface area contributed by atoms with Crippen LogP contribution in [0.25, 0.3) is 0 Å². The zero-order chi connectivity index (χ0) is 8.43. The van der Waals surface area contributed by atoms with Gasteiger partial charge in [0.25, 0.3) is 0 Å². The second kappa shape index (κ2) is 3.78. The molecule has 1 fully saturated rings. The molecule has 1 aliphatic rings. The van der Waals surface area contributed by atoms with Gasteiger partial charge in [-0.3, -0.25) is 4.90 Å². The quantitative estimate of drug-likeness (QED) is 0.681. The Kier molecular flexibility index (Phi) is 3.22. The SMILES string of the molecule is CSC(C)N1C[C@H](O)C[C@@H]1C. The van der Waals surface area contributed by atoms with Crippen LogP contribution in [0.5, 0.6) is 0 Å². The molecule has 0 aromatic carbocycles. The monoisotopic (exact) mass is 175 g/mol. The standard InChI is InChI=1S/C8H17NOS/c1-6-4-8(10)5-9(6)7(2)11-3/h6-8,10H,4-5H2,1-3H3/t6-,7?,8+/m0/s1. The van der Waals surface area contributed by atoms with Crippen molar-refractivity contribution in [1.29, 1.82) is 0 Å². The van der Waals surface area contributed by atoms with Crippen LogP contribution in [0.15, 0.2) is 0 Å². The molecule has 66 valence electrons. The van der Waals surface area contributed by atoms with Gasteiger partial charge in [-0.1, -0.05) is 0 Å². The molecular formula is C8H17NOS. The third kappa shape index (κ3) is 2.10. The van der Waals surface area contributed by atoms with E-state index in [9.17, 15) is 5.11 Å². The van der Waals surface area contributed by atoms with Crippen molar-refractivity contribution in [1.82, 2.24) is 4.90 Å². The number of likely N-dealkylation sites (tertiary alicyclic amines) is 1. The maximum absolute atomic E-state index is 9.36. The first-order chi connectivity index (χ1) is 5.15. The fraction of sp³-hybridized carbons (Fsp3) is 1.00. The Hall–Kier alpha value is 0.270. The van der Waals surface area contributed by atoms with E-state index in [0.29, 0.717) is 11.4 Å². The fourth-order valence-electron chi connectivity index (χ4n) is 1.67. The molecule has 0 radical (unpaired) electrons. The number of aliphatic hydroxyl groups is 1. The molecule has 1 heterocycles. The predicted octanol–water partition coefficient (Wildman–Crippen LogP) is 1.15. The zero-order valence-electron chi connectivity index (χ0n) is 7.45. The first-order valence-electron chi connectivity index (χ1n) is 4.11. The first-order valence-corrected chi connectivity index (χ1v) is 5.40. The van der Waals surface area contributed by atoms with Gasteiger partial charge in [0.2, 0.25) is 0 Å². The van der Waals surface area contributed by atoms with Gasteiger partial charge < -0.3 is 5.11 Å². The summed E-state index contributed by atoms with van der Waals surface area (Å²) in [6, 6.07) is 0.549. The van der Waals surface area contributed by atoms with Gasteiger partial charge in [-0.15, -0.1) is 11.8 Å². The van der Waals surface area contributed by atoms with Crippen LogP contribution in [0.1, 0.15) is 20.3 Å². The fourth-order valence-corrected chi connectivity index (χ4v) is 2.23. The summed E-state index contributed by atoms with van der Waals surface area (Å²) >= 11 is 1.84. The summed E-state index contributed by atoms with van der Waals surface area (Å²) in [7, 11) is 0. The van der Waals surface area contributed by atoms with Crippen LogP contribution in [0.2, 0.25) is 0 Å². The topological polar surface area (TPSA) is 23.5 Å². The minimum Gasteiger partial charge on any atom is -0.392 e. The van der Waals surface area contributed by atoms with Crippen LogP contribution in [0, 0.1) is 0 Å². The molecule has 3 atom stereocenters. The Morgan fingerprint density at radius 3 is 2.64 bits per heavy atom. The van der Waals surface area contributed by atoms with Gasteiger partial charge >= 0.3 is 0 Å². The second-order valence-electron chi connectivity index (χ2n) is 3.27. The Bertz CT molecular complexity index is 127. The third-order valence-electron chi connectivity index (χ3n) is 2.41. The minimum atomic E-state index is -0.0976. The normalized spacial score (nSPS) is 36.0. The van der Waals surface area contributed by atoms with Crippen molar-refractivity contribution < 1.29 is 5.11 Å². The van der Waals surface area contributed by atoms with Crippen molar-refractivity contribution in [2.45, 2.75) is 37.8 Å². The van der Waals surface area contributed by atoms with Gasteiger partial charge in [0, 0.05) is 12.6 Å². The van der Waals surface area contributed by atoms with E-state index in [1.807, 2.05) is 11.8 Å². The molecule has 3 heteroatoms. The molecule has 1 aliphatic heterocycles. The van der Waals surface area contributed by atoms with Crippen molar-refractivity contribution in [3.63, 3.8) is 0 Å². The lowest BCUT2D eigenvalue weighted by Gasteiger charge is -2.26. The lowest BCUT2D eigenvalue weighted by Crippen LogP contribution is -2.33. The lowest BCUT2D eigenvalue weighted by molar-refractivity contribution is 0.173. The number of β-amino-alcohol motifs (C(OH)–C–C–N with tert-alkyl or cyclic N) is 1. The van der Waals surface area contributed by atoms with Crippen molar-refractivity contribution in [2.75, 3.05) is 12.8 Å². The maximum Gasteiger partial charge on any atom is 0.0682 e. The summed E-state index contributed by atoms with van der Waals surface area (Å²) in [4.78, 5) is 2.36. The van der Waals surface area contributed by atoms with Crippen LogP contribution >= 0.6 is 11.8 Å². The highest BCUT2D eigenvalue weighted by Crippen LogP contribution is 2.24. The van der Waals surface area contributed by atoms with E-state index in [-0.39, 0.29) is 6.10 Å². The molecule has 11 heavy (non-hydrogen) atoms. The van der Waals surface area contributed by atoms with Gasteiger partial charge in [0.05, 0.1) is 11.5 Å². The summed E-state index contributed by atoms with van der Waals surface area (Å²) in [5.74, 6) is 0. The van der Waals surface area contributed by atoms with E-state index in [1.54, 1.807) is 0 Å². The van der Waals surface area contributed by atoms with E-state index >= 15 is 0 Å². The van der Waals surface area contributed by atoms with Crippen molar-refractivity contribution in [2.24, 2.45) is 0 Å². The molecule has 0 aromatic rings.